The number of carbonyl (C=O) groups excluding carboxylic acids is 1. The van der Waals surface area contributed by atoms with Gasteiger partial charge in [0.05, 0.1) is 4.88 Å². The number of nitrogens with zero attached hydrogens (tertiary/aromatic N) is 1. The third-order valence-corrected chi connectivity index (χ3v) is 10.9. The van der Waals surface area contributed by atoms with Crippen LogP contribution in [0.4, 0.5) is 0 Å². The molecule has 184 valence electrons. The number of hydrogen-bond donors (Lipinski definition) is 2. The molecule has 4 atom stereocenters. The highest BCUT2D eigenvalue weighted by molar-refractivity contribution is 7.92. The zero-order valence-electron chi connectivity index (χ0n) is 19.5. The molecule has 3 aliphatic rings. The molecule has 3 aliphatic carbocycles. The van der Waals surface area contributed by atoms with Crippen LogP contribution in [0.3, 0.4) is 0 Å². The number of aromatic nitrogens is 1. The molecule has 9 heteroatoms. The predicted octanol–water partition coefficient (Wildman–Crippen LogP) is 4.77. The number of nitrogens with one attached hydrogen (secondary N) is 1. The Kier molecular flexibility index (Phi) is 7.05. The van der Waals surface area contributed by atoms with E-state index in [0.29, 0.717) is 29.1 Å². The average Bonchev–Trinajstić information content (AvgIpc) is 3.49. The fourth-order valence-electron chi connectivity index (χ4n) is 5.51. The molecule has 2 bridgehead atoms. The zero-order valence-corrected chi connectivity index (χ0v) is 21.1. The molecule has 4 unspecified atom stereocenters. The number of rotatable bonds is 10. The maximum Gasteiger partial charge on any atom is 0.303 e. The number of aliphatic carboxylic acids is 1. The number of allylic oxidation sites excluding steroid dienone is 2. The van der Waals surface area contributed by atoms with E-state index in [1.54, 1.807) is 18.2 Å². The molecular formula is C25H32N2O5S2. The molecule has 2 N–H and O–H groups in total. The molecule has 2 heterocycles. The van der Waals surface area contributed by atoms with Crippen molar-refractivity contribution < 1.29 is 23.1 Å². The van der Waals surface area contributed by atoms with Crippen molar-refractivity contribution in [3.05, 3.63) is 53.7 Å². The molecule has 5 rings (SSSR count). The Morgan fingerprint density at radius 1 is 1.21 bits per heavy atom. The highest BCUT2D eigenvalue weighted by Gasteiger charge is 2.57. The molecule has 34 heavy (non-hydrogen) atoms. The van der Waals surface area contributed by atoms with E-state index in [9.17, 15) is 18.0 Å². The molecule has 0 aliphatic heterocycles. The second kappa shape index (κ2) is 9.70. The summed E-state index contributed by atoms with van der Waals surface area (Å²) in [7, 11) is -3.69. The summed E-state index contributed by atoms with van der Waals surface area (Å²) in [6, 6.07) is 6.41. The van der Waals surface area contributed by atoms with E-state index >= 15 is 0 Å². The predicted molar refractivity (Wildman–Crippen MR) is 131 cm³/mol. The Balaban J connectivity index is 1.43. The van der Waals surface area contributed by atoms with E-state index in [4.69, 9.17) is 5.11 Å². The van der Waals surface area contributed by atoms with Crippen LogP contribution in [0.25, 0.3) is 0 Å². The lowest BCUT2D eigenvalue weighted by Crippen LogP contribution is -2.63. The van der Waals surface area contributed by atoms with Crippen molar-refractivity contribution in [1.82, 2.24) is 9.29 Å². The molecule has 2 aromatic heterocycles. The Morgan fingerprint density at radius 3 is 2.62 bits per heavy atom. The molecule has 3 fully saturated rings. The third kappa shape index (κ3) is 4.86. The number of thiophene rings is 1. The molecule has 3 saturated carbocycles. The number of carbonyl (C=O) groups is 2. The van der Waals surface area contributed by atoms with Crippen molar-refractivity contribution in [3.8, 4) is 0 Å². The minimum atomic E-state index is -3.69. The Morgan fingerprint density at radius 2 is 1.94 bits per heavy atom. The number of unbranched alkanes of at least 4 members (excludes halogenated alkanes) is 1. The van der Waals surface area contributed by atoms with Gasteiger partial charge in [0.2, 0.25) is 0 Å². The van der Waals surface area contributed by atoms with Gasteiger partial charge in [-0.3, -0.25) is 9.59 Å². The summed E-state index contributed by atoms with van der Waals surface area (Å²) >= 11 is 0.996. The molecule has 0 saturated heterocycles. The van der Waals surface area contributed by atoms with Gasteiger partial charge in [-0.25, -0.2) is 3.97 Å². The summed E-state index contributed by atoms with van der Waals surface area (Å²) < 4.78 is 26.8. The van der Waals surface area contributed by atoms with Gasteiger partial charge in [-0.2, -0.15) is 8.42 Å². The van der Waals surface area contributed by atoms with Gasteiger partial charge in [-0.15, -0.1) is 11.3 Å². The molecule has 0 radical (unpaired) electrons. The smallest absolute Gasteiger partial charge is 0.303 e. The van der Waals surface area contributed by atoms with Gasteiger partial charge < -0.3 is 10.4 Å². The van der Waals surface area contributed by atoms with Crippen LogP contribution in [-0.4, -0.2) is 35.4 Å². The molecular weight excluding hydrogens is 472 g/mol. The van der Waals surface area contributed by atoms with Crippen LogP contribution < -0.4 is 5.32 Å². The van der Waals surface area contributed by atoms with Crippen molar-refractivity contribution in [2.45, 2.75) is 62.6 Å². The fraction of sp³-hybridized carbons (Fsp3) is 0.520. The highest BCUT2D eigenvalue weighted by atomic mass is 32.2. The summed E-state index contributed by atoms with van der Waals surface area (Å²) in [5.74, 6) is 0.364. The number of carboxylic acids is 1. The highest BCUT2D eigenvalue weighted by Crippen LogP contribution is 2.61. The topological polar surface area (TPSA) is 105 Å². The SMILES string of the molecule is CC1(C)C2CC(CC=CCCCC(=O)O)C(NC(=O)c3ccc(S(=O)(=O)n4cccc4)s3)C1C2. The first-order chi connectivity index (χ1) is 16.1. The summed E-state index contributed by atoms with van der Waals surface area (Å²) in [5, 5.41) is 12.0. The molecule has 1 amide bonds. The minimum Gasteiger partial charge on any atom is -0.481 e. The van der Waals surface area contributed by atoms with Gasteiger partial charge in [0.15, 0.2) is 0 Å². The number of amides is 1. The van der Waals surface area contributed by atoms with E-state index < -0.39 is 16.0 Å². The summed E-state index contributed by atoms with van der Waals surface area (Å²) in [6.07, 6.45) is 11.7. The Labute approximate surface area is 204 Å². The molecule has 2 aromatic rings. The number of fused-ring (bicyclic) bond motifs is 2. The quantitative estimate of drug-likeness (QED) is 0.358. The number of hydrogen-bond acceptors (Lipinski definition) is 5. The van der Waals surface area contributed by atoms with E-state index in [-0.39, 0.29) is 28.0 Å². The van der Waals surface area contributed by atoms with Crippen LogP contribution in [0.15, 0.2) is 53.0 Å². The first-order valence-corrected chi connectivity index (χ1v) is 14.0. The van der Waals surface area contributed by atoms with E-state index in [2.05, 4.69) is 25.2 Å². The molecule has 0 spiro atoms. The van der Waals surface area contributed by atoms with Crippen LogP contribution in [0.5, 0.6) is 0 Å². The lowest BCUT2D eigenvalue weighted by atomic mass is 9.44. The zero-order chi connectivity index (χ0) is 24.5. The summed E-state index contributed by atoms with van der Waals surface area (Å²) in [4.78, 5) is 24.2. The largest absolute Gasteiger partial charge is 0.481 e. The van der Waals surface area contributed by atoms with Gasteiger partial charge >= 0.3 is 5.97 Å². The number of carboxylic acid groups (broad SMARTS) is 1. The van der Waals surface area contributed by atoms with E-state index in [1.165, 1.54) is 18.5 Å². The second-order valence-corrected chi connectivity index (χ2v) is 13.1. The van der Waals surface area contributed by atoms with Gasteiger partial charge in [-0.05, 0) is 79.5 Å². The lowest BCUT2D eigenvalue weighted by molar-refractivity contribution is -0.137. The Bertz CT molecular complexity index is 1160. The first kappa shape index (κ1) is 24.7. The van der Waals surface area contributed by atoms with Crippen LogP contribution in [-0.2, 0) is 14.8 Å². The van der Waals surface area contributed by atoms with Crippen molar-refractivity contribution in [2.24, 2.45) is 23.2 Å². The second-order valence-electron chi connectivity index (χ2n) is 9.99. The Hall–Kier alpha value is -2.39. The average molecular weight is 505 g/mol. The summed E-state index contributed by atoms with van der Waals surface area (Å²) in [6.45, 7) is 4.55. The van der Waals surface area contributed by atoms with Gasteiger partial charge in [0.1, 0.15) is 4.21 Å². The van der Waals surface area contributed by atoms with Crippen LogP contribution in [0.2, 0.25) is 0 Å². The van der Waals surface area contributed by atoms with Gasteiger partial charge in [0.25, 0.3) is 15.9 Å². The van der Waals surface area contributed by atoms with Crippen LogP contribution >= 0.6 is 11.3 Å². The van der Waals surface area contributed by atoms with Crippen molar-refractivity contribution >= 4 is 33.2 Å². The van der Waals surface area contributed by atoms with Gasteiger partial charge in [-0.1, -0.05) is 26.0 Å². The maximum atomic E-state index is 13.2. The minimum absolute atomic E-state index is 0.0303. The molecule has 7 nitrogen and oxygen atoms in total. The van der Waals surface area contributed by atoms with Crippen molar-refractivity contribution in [3.63, 3.8) is 0 Å². The third-order valence-electron chi connectivity index (χ3n) is 7.65. The van der Waals surface area contributed by atoms with Crippen LogP contribution in [0.1, 0.15) is 62.0 Å². The van der Waals surface area contributed by atoms with E-state index in [0.717, 1.165) is 41.0 Å². The lowest BCUT2D eigenvalue weighted by Gasteiger charge is -2.62. The monoisotopic (exact) mass is 504 g/mol. The van der Waals surface area contributed by atoms with E-state index in [1.807, 2.05) is 6.08 Å². The van der Waals surface area contributed by atoms with Crippen molar-refractivity contribution in [1.29, 1.82) is 0 Å². The first-order valence-electron chi connectivity index (χ1n) is 11.8. The molecule has 0 aromatic carbocycles. The summed E-state index contributed by atoms with van der Waals surface area (Å²) in [5.41, 5.74) is 0.179. The van der Waals surface area contributed by atoms with Crippen molar-refractivity contribution in [2.75, 3.05) is 0 Å². The fourth-order valence-corrected chi connectivity index (χ4v) is 8.01. The maximum absolute atomic E-state index is 13.2. The van der Waals surface area contributed by atoms with Crippen LogP contribution in [0, 0.1) is 23.2 Å². The normalized spacial score (nSPS) is 25.7. The van der Waals surface area contributed by atoms with Gasteiger partial charge in [0, 0.05) is 24.9 Å². The standard InChI is InChI=1S/C25H32N2O5S2/c1-25(2)18-15-17(9-5-3-4-6-10-21(28)29)23(19(25)16-18)26-24(30)20-11-12-22(33-20)34(31,32)27-13-7-8-14-27/h3,5,7-8,11-14,17-19,23H,4,6,9-10,15-16H2,1-2H3,(H,26,30)(H,28,29).